The van der Waals surface area contributed by atoms with Crippen LogP contribution in [0, 0.1) is 5.92 Å². The topological polar surface area (TPSA) is 66.8 Å². The van der Waals surface area contributed by atoms with Crippen molar-refractivity contribution in [3.05, 3.63) is 48.2 Å². The van der Waals surface area contributed by atoms with Crippen LogP contribution in [0.4, 0.5) is 0 Å². The van der Waals surface area contributed by atoms with Crippen molar-refractivity contribution in [3.8, 4) is 0 Å². The second kappa shape index (κ2) is 5.53. The minimum Gasteiger partial charge on any atom is -0.340 e. The van der Waals surface area contributed by atoms with E-state index in [0.29, 0.717) is 11.6 Å². The molecule has 0 fully saturated rings. The quantitative estimate of drug-likeness (QED) is 0.805. The maximum atomic E-state index is 12.7. The first kappa shape index (κ1) is 14.0. The van der Waals surface area contributed by atoms with E-state index in [2.05, 4.69) is 19.7 Å². The summed E-state index contributed by atoms with van der Waals surface area (Å²) in [6, 6.07) is 7.72. The number of carbonyl (C=O) groups is 1. The number of amides is 1. The standard InChI is InChI=1S/C17H19N5O/c1-21(11-12-6-8-22-9-7-18-15(22)10-12)17(23)16-13-4-2-3-5-14(13)19-20-16/h2-5,7,9,12H,6,8,10-11H2,1H3,(H,19,20). The Labute approximate surface area is 134 Å². The summed E-state index contributed by atoms with van der Waals surface area (Å²) >= 11 is 0. The van der Waals surface area contributed by atoms with Crippen molar-refractivity contribution in [3.63, 3.8) is 0 Å². The fraction of sp³-hybridized carbons (Fsp3) is 0.353. The lowest BCUT2D eigenvalue weighted by molar-refractivity contribution is 0.0760. The SMILES string of the molecule is CN(CC1CCn2ccnc2C1)C(=O)c1n[nH]c2ccccc12. The highest BCUT2D eigenvalue weighted by atomic mass is 16.2. The summed E-state index contributed by atoms with van der Waals surface area (Å²) in [6.45, 7) is 1.71. The van der Waals surface area contributed by atoms with Gasteiger partial charge in [0, 0.05) is 44.3 Å². The summed E-state index contributed by atoms with van der Waals surface area (Å²) in [7, 11) is 1.85. The maximum absolute atomic E-state index is 12.7. The number of hydrogen-bond acceptors (Lipinski definition) is 3. The van der Waals surface area contributed by atoms with E-state index >= 15 is 0 Å². The molecule has 0 aliphatic carbocycles. The van der Waals surface area contributed by atoms with Crippen LogP contribution in [0.2, 0.25) is 0 Å². The number of para-hydroxylation sites is 1. The van der Waals surface area contributed by atoms with Gasteiger partial charge in [-0.3, -0.25) is 9.89 Å². The molecule has 1 aliphatic heterocycles. The van der Waals surface area contributed by atoms with Crippen molar-refractivity contribution in [2.45, 2.75) is 19.4 Å². The minimum atomic E-state index is -0.0311. The molecule has 2 aromatic heterocycles. The molecule has 1 amide bonds. The van der Waals surface area contributed by atoms with Crippen molar-refractivity contribution in [2.75, 3.05) is 13.6 Å². The van der Waals surface area contributed by atoms with E-state index < -0.39 is 0 Å². The molecule has 3 aromatic rings. The highest BCUT2D eigenvalue weighted by Crippen LogP contribution is 2.21. The average Bonchev–Trinajstić information content (AvgIpc) is 3.20. The average molecular weight is 309 g/mol. The van der Waals surface area contributed by atoms with E-state index in [1.807, 2.05) is 43.7 Å². The summed E-state index contributed by atoms with van der Waals surface area (Å²) in [5.41, 5.74) is 1.39. The lowest BCUT2D eigenvalue weighted by Crippen LogP contribution is -2.35. The predicted octanol–water partition coefficient (Wildman–Crippen LogP) is 2.09. The normalized spacial score (nSPS) is 17.2. The molecular weight excluding hydrogens is 290 g/mol. The zero-order chi connectivity index (χ0) is 15.8. The third kappa shape index (κ3) is 2.50. The summed E-state index contributed by atoms with van der Waals surface area (Å²) < 4.78 is 2.19. The first-order valence-electron chi connectivity index (χ1n) is 7.91. The third-order valence-corrected chi connectivity index (χ3v) is 4.60. The van der Waals surface area contributed by atoms with E-state index in [4.69, 9.17) is 0 Å². The number of H-pyrrole nitrogens is 1. The number of imidazole rings is 1. The van der Waals surface area contributed by atoms with Gasteiger partial charge in [0.25, 0.3) is 5.91 Å². The zero-order valence-corrected chi connectivity index (χ0v) is 13.1. The number of carbonyl (C=O) groups excluding carboxylic acids is 1. The second-order valence-electron chi connectivity index (χ2n) is 6.20. The third-order valence-electron chi connectivity index (χ3n) is 4.60. The molecule has 0 saturated carbocycles. The predicted molar refractivity (Wildman–Crippen MR) is 87.1 cm³/mol. The Morgan fingerprint density at radius 3 is 3.22 bits per heavy atom. The molecule has 1 aliphatic rings. The molecule has 1 atom stereocenters. The van der Waals surface area contributed by atoms with Crippen LogP contribution in [0.1, 0.15) is 22.7 Å². The molecule has 118 valence electrons. The number of nitrogens with one attached hydrogen (secondary N) is 1. The molecule has 6 nitrogen and oxygen atoms in total. The lowest BCUT2D eigenvalue weighted by Gasteiger charge is -2.27. The number of aromatic amines is 1. The molecule has 1 aromatic carbocycles. The van der Waals surface area contributed by atoms with Gasteiger partial charge in [-0.2, -0.15) is 5.10 Å². The first-order chi connectivity index (χ1) is 11.2. The van der Waals surface area contributed by atoms with Crippen LogP contribution < -0.4 is 0 Å². The van der Waals surface area contributed by atoms with Crippen molar-refractivity contribution < 1.29 is 4.79 Å². The van der Waals surface area contributed by atoms with Crippen LogP contribution in [0.25, 0.3) is 10.9 Å². The van der Waals surface area contributed by atoms with Crippen molar-refractivity contribution in [2.24, 2.45) is 5.92 Å². The van der Waals surface area contributed by atoms with Crippen LogP contribution in [0.15, 0.2) is 36.7 Å². The summed E-state index contributed by atoms with van der Waals surface area (Å²) in [5.74, 6) is 1.53. The number of aryl methyl sites for hydroxylation is 1. The fourth-order valence-corrected chi connectivity index (χ4v) is 3.35. The monoisotopic (exact) mass is 309 g/mol. The van der Waals surface area contributed by atoms with Gasteiger partial charge in [-0.05, 0) is 18.4 Å². The number of fused-ring (bicyclic) bond motifs is 2. The van der Waals surface area contributed by atoms with Crippen LogP contribution in [-0.4, -0.2) is 44.1 Å². The molecule has 23 heavy (non-hydrogen) atoms. The van der Waals surface area contributed by atoms with Gasteiger partial charge >= 0.3 is 0 Å². The minimum absolute atomic E-state index is 0.0311. The van der Waals surface area contributed by atoms with Crippen LogP contribution in [-0.2, 0) is 13.0 Å². The van der Waals surface area contributed by atoms with Gasteiger partial charge in [0.2, 0.25) is 0 Å². The lowest BCUT2D eigenvalue weighted by atomic mass is 9.97. The van der Waals surface area contributed by atoms with E-state index in [0.717, 1.165) is 42.7 Å². The van der Waals surface area contributed by atoms with E-state index in [-0.39, 0.29) is 5.91 Å². The highest BCUT2D eigenvalue weighted by Gasteiger charge is 2.24. The van der Waals surface area contributed by atoms with Gasteiger partial charge in [0.05, 0.1) is 5.52 Å². The van der Waals surface area contributed by atoms with Crippen molar-refractivity contribution >= 4 is 16.8 Å². The van der Waals surface area contributed by atoms with Gasteiger partial charge in [-0.15, -0.1) is 0 Å². The molecule has 6 heteroatoms. The zero-order valence-electron chi connectivity index (χ0n) is 13.1. The van der Waals surface area contributed by atoms with E-state index in [9.17, 15) is 4.79 Å². The second-order valence-corrected chi connectivity index (χ2v) is 6.20. The molecular formula is C17H19N5O. The van der Waals surface area contributed by atoms with E-state index in [1.165, 1.54) is 0 Å². The first-order valence-corrected chi connectivity index (χ1v) is 7.91. The maximum Gasteiger partial charge on any atom is 0.274 e. The van der Waals surface area contributed by atoms with Crippen molar-refractivity contribution in [1.82, 2.24) is 24.6 Å². The number of nitrogens with zero attached hydrogens (tertiary/aromatic N) is 4. The summed E-state index contributed by atoms with van der Waals surface area (Å²) in [4.78, 5) is 18.9. The van der Waals surface area contributed by atoms with Crippen LogP contribution >= 0.6 is 0 Å². The Hall–Kier alpha value is -2.63. The van der Waals surface area contributed by atoms with Gasteiger partial charge in [0.1, 0.15) is 5.82 Å². The van der Waals surface area contributed by atoms with Crippen molar-refractivity contribution in [1.29, 1.82) is 0 Å². The van der Waals surface area contributed by atoms with Crippen LogP contribution in [0.3, 0.4) is 0 Å². The number of hydrogen-bond donors (Lipinski definition) is 1. The molecule has 1 N–H and O–H groups in total. The molecule has 0 spiro atoms. The summed E-state index contributed by atoms with van der Waals surface area (Å²) in [5, 5.41) is 8.01. The molecule has 1 unspecified atom stereocenters. The number of aromatic nitrogens is 4. The largest absolute Gasteiger partial charge is 0.340 e. The van der Waals surface area contributed by atoms with Gasteiger partial charge in [0.15, 0.2) is 5.69 Å². The molecule has 3 heterocycles. The van der Waals surface area contributed by atoms with Gasteiger partial charge in [-0.1, -0.05) is 18.2 Å². The van der Waals surface area contributed by atoms with Crippen LogP contribution in [0.5, 0.6) is 0 Å². The molecule has 0 bridgehead atoms. The molecule has 0 radical (unpaired) electrons. The number of benzene rings is 1. The van der Waals surface area contributed by atoms with Gasteiger partial charge in [-0.25, -0.2) is 4.98 Å². The Morgan fingerprint density at radius 2 is 2.30 bits per heavy atom. The Bertz CT molecular complexity index is 849. The molecule has 0 saturated heterocycles. The highest BCUT2D eigenvalue weighted by molar-refractivity contribution is 6.04. The summed E-state index contributed by atoms with van der Waals surface area (Å²) in [6.07, 6.45) is 5.87. The molecule has 4 rings (SSSR count). The Morgan fingerprint density at radius 1 is 1.43 bits per heavy atom. The Kier molecular flexibility index (Phi) is 3.37. The van der Waals surface area contributed by atoms with E-state index in [1.54, 1.807) is 4.90 Å². The fourth-order valence-electron chi connectivity index (χ4n) is 3.35. The number of rotatable bonds is 3. The Balaban J connectivity index is 1.49. The smallest absolute Gasteiger partial charge is 0.274 e. The van der Waals surface area contributed by atoms with Gasteiger partial charge < -0.3 is 9.47 Å².